The molecule has 1 rings (SSSR count). The van der Waals surface area contributed by atoms with Crippen molar-refractivity contribution in [2.24, 2.45) is 11.7 Å². The minimum atomic E-state index is -0.438. The van der Waals surface area contributed by atoms with Gasteiger partial charge in [0.25, 0.3) is 0 Å². The molecule has 1 aromatic carbocycles. The molecule has 0 aliphatic rings. The van der Waals surface area contributed by atoms with Crippen molar-refractivity contribution in [1.29, 1.82) is 0 Å². The molecule has 0 unspecified atom stereocenters. The fourth-order valence-corrected chi connectivity index (χ4v) is 2.01. The van der Waals surface area contributed by atoms with Crippen LogP contribution in [-0.4, -0.2) is 25.3 Å². The molecule has 0 aliphatic heterocycles. The number of benzene rings is 1. The molecular formula is C13H17ClN2O2. The maximum atomic E-state index is 11.1. The Hall–Kier alpha value is -1.55. The first kappa shape index (κ1) is 14.5. The normalized spacial score (nSPS) is 10.4. The smallest absolute Gasteiger partial charge is 0.236 e. The Balaban J connectivity index is 3.15. The van der Waals surface area contributed by atoms with E-state index in [0.717, 1.165) is 0 Å². The number of nitrogens with two attached hydrogens (primary N) is 1. The van der Waals surface area contributed by atoms with Crippen molar-refractivity contribution in [1.82, 2.24) is 0 Å². The van der Waals surface area contributed by atoms with Crippen molar-refractivity contribution in [3.05, 3.63) is 28.8 Å². The molecule has 0 atom stereocenters. The van der Waals surface area contributed by atoms with Crippen LogP contribution in [0.25, 0.3) is 0 Å². The maximum Gasteiger partial charge on any atom is 0.236 e. The summed E-state index contributed by atoms with van der Waals surface area (Å²) >= 11 is 5.97. The van der Waals surface area contributed by atoms with Crippen LogP contribution in [-0.2, 0) is 4.79 Å². The lowest BCUT2D eigenvalue weighted by molar-refractivity contribution is -0.116. The Morgan fingerprint density at radius 3 is 2.67 bits per heavy atom. The molecule has 2 N–H and O–H groups in total. The van der Waals surface area contributed by atoms with E-state index in [9.17, 15) is 9.59 Å². The summed E-state index contributed by atoms with van der Waals surface area (Å²) in [5.41, 5.74) is 6.27. The molecule has 0 saturated heterocycles. The highest BCUT2D eigenvalue weighted by Gasteiger charge is 2.16. The first-order valence-electron chi connectivity index (χ1n) is 5.72. The van der Waals surface area contributed by atoms with E-state index in [1.165, 1.54) is 0 Å². The van der Waals surface area contributed by atoms with E-state index < -0.39 is 5.91 Å². The molecule has 0 aromatic heterocycles. The SMILES string of the molecule is CC(C)CN(CC(N)=O)c1cccc(Cl)c1C=O. The van der Waals surface area contributed by atoms with Crippen molar-refractivity contribution >= 4 is 29.5 Å². The van der Waals surface area contributed by atoms with Crippen LogP contribution in [0.4, 0.5) is 5.69 Å². The summed E-state index contributed by atoms with van der Waals surface area (Å²) < 4.78 is 0. The molecule has 0 bridgehead atoms. The van der Waals surface area contributed by atoms with Gasteiger partial charge in [-0.2, -0.15) is 0 Å². The minimum absolute atomic E-state index is 0.0688. The van der Waals surface area contributed by atoms with E-state index in [2.05, 4.69) is 0 Å². The van der Waals surface area contributed by atoms with Crippen molar-refractivity contribution in [3.63, 3.8) is 0 Å². The summed E-state index contributed by atoms with van der Waals surface area (Å²) in [5.74, 6) is -0.102. The van der Waals surface area contributed by atoms with Gasteiger partial charge in [-0.3, -0.25) is 9.59 Å². The van der Waals surface area contributed by atoms with Crippen molar-refractivity contribution < 1.29 is 9.59 Å². The number of amides is 1. The van der Waals surface area contributed by atoms with E-state index >= 15 is 0 Å². The van der Waals surface area contributed by atoms with E-state index in [0.29, 0.717) is 35.0 Å². The molecule has 0 fully saturated rings. The van der Waals surface area contributed by atoms with Crippen molar-refractivity contribution in [2.45, 2.75) is 13.8 Å². The van der Waals surface area contributed by atoms with Gasteiger partial charge in [-0.25, -0.2) is 0 Å². The van der Waals surface area contributed by atoms with Gasteiger partial charge < -0.3 is 10.6 Å². The first-order chi connectivity index (χ1) is 8.45. The van der Waals surface area contributed by atoms with E-state index in [4.69, 9.17) is 17.3 Å². The predicted molar refractivity (Wildman–Crippen MR) is 73.1 cm³/mol. The lowest BCUT2D eigenvalue weighted by Gasteiger charge is -2.26. The molecule has 0 spiro atoms. The molecule has 18 heavy (non-hydrogen) atoms. The Bertz CT molecular complexity index is 447. The van der Waals surface area contributed by atoms with Gasteiger partial charge in [-0.15, -0.1) is 0 Å². The fraction of sp³-hybridized carbons (Fsp3) is 0.385. The highest BCUT2D eigenvalue weighted by Crippen LogP contribution is 2.26. The minimum Gasteiger partial charge on any atom is -0.368 e. The zero-order valence-electron chi connectivity index (χ0n) is 10.5. The van der Waals surface area contributed by atoms with Crippen LogP contribution in [0.3, 0.4) is 0 Å². The summed E-state index contributed by atoms with van der Waals surface area (Å²) in [6.45, 7) is 4.75. The van der Waals surface area contributed by atoms with Crippen molar-refractivity contribution in [3.8, 4) is 0 Å². The highest BCUT2D eigenvalue weighted by molar-refractivity contribution is 6.33. The molecule has 0 radical (unpaired) electrons. The Morgan fingerprint density at radius 2 is 2.17 bits per heavy atom. The van der Waals surface area contributed by atoms with Crippen LogP contribution in [0.5, 0.6) is 0 Å². The molecule has 0 heterocycles. The van der Waals surface area contributed by atoms with Gasteiger partial charge in [-0.05, 0) is 18.1 Å². The highest BCUT2D eigenvalue weighted by atomic mass is 35.5. The summed E-state index contributed by atoms with van der Waals surface area (Å²) in [6, 6.07) is 5.16. The lowest BCUT2D eigenvalue weighted by atomic mass is 10.1. The zero-order chi connectivity index (χ0) is 13.7. The van der Waals surface area contributed by atoms with Gasteiger partial charge in [0.2, 0.25) is 5.91 Å². The molecule has 5 heteroatoms. The van der Waals surface area contributed by atoms with E-state index in [-0.39, 0.29) is 6.54 Å². The third kappa shape index (κ3) is 3.74. The van der Waals surface area contributed by atoms with E-state index in [1.54, 1.807) is 23.1 Å². The number of anilines is 1. The molecular weight excluding hydrogens is 252 g/mol. The second-order valence-corrected chi connectivity index (χ2v) is 4.94. The van der Waals surface area contributed by atoms with Crippen molar-refractivity contribution in [2.75, 3.05) is 18.0 Å². The van der Waals surface area contributed by atoms with Gasteiger partial charge >= 0.3 is 0 Å². The second kappa shape index (κ2) is 6.40. The van der Waals surface area contributed by atoms with E-state index in [1.807, 2.05) is 13.8 Å². The average molecular weight is 269 g/mol. The molecule has 1 amide bonds. The number of aldehydes is 1. The largest absolute Gasteiger partial charge is 0.368 e. The van der Waals surface area contributed by atoms with Crippen LogP contribution < -0.4 is 10.6 Å². The molecule has 4 nitrogen and oxygen atoms in total. The van der Waals surface area contributed by atoms with Crippen LogP contribution >= 0.6 is 11.6 Å². The Morgan fingerprint density at radius 1 is 1.50 bits per heavy atom. The average Bonchev–Trinajstić information content (AvgIpc) is 2.26. The second-order valence-electron chi connectivity index (χ2n) is 4.53. The predicted octanol–water partition coefficient (Wildman–Crippen LogP) is 2.10. The Kier molecular flexibility index (Phi) is 5.16. The van der Waals surface area contributed by atoms with Gasteiger partial charge in [-0.1, -0.05) is 31.5 Å². The number of rotatable bonds is 6. The molecule has 98 valence electrons. The number of hydrogen-bond donors (Lipinski definition) is 1. The number of primary amides is 1. The van der Waals surface area contributed by atoms with Crippen LogP contribution in [0.2, 0.25) is 5.02 Å². The molecule has 0 aliphatic carbocycles. The summed E-state index contributed by atoms with van der Waals surface area (Å²) in [4.78, 5) is 24.0. The number of carbonyl (C=O) groups excluding carboxylic acids is 2. The molecule has 1 aromatic rings. The van der Waals surface area contributed by atoms with Gasteiger partial charge in [0.1, 0.15) is 0 Å². The standard InChI is InChI=1S/C13H17ClN2O2/c1-9(2)6-16(7-13(15)18)12-5-3-4-11(14)10(12)8-17/h3-5,8-9H,6-7H2,1-2H3,(H2,15,18). The van der Waals surface area contributed by atoms with Gasteiger partial charge in [0.05, 0.1) is 17.1 Å². The lowest BCUT2D eigenvalue weighted by Crippen LogP contribution is -2.36. The number of hydrogen-bond acceptors (Lipinski definition) is 3. The van der Waals surface area contributed by atoms with Crippen LogP contribution in [0.15, 0.2) is 18.2 Å². The number of nitrogens with zero attached hydrogens (tertiary/aromatic N) is 1. The first-order valence-corrected chi connectivity index (χ1v) is 6.10. The van der Waals surface area contributed by atoms with Gasteiger partial charge in [0, 0.05) is 12.2 Å². The summed E-state index contributed by atoms with van der Waals surface area (Å²) in [5, 5.41) is 0.376. The zero-order valence-corrected chi connectivity index (χ0v) is 11.3. The third-order valence-electron chi connectivity index (χ3n) is 2.42. The summed E-state index contributed by atoms with van der Waals surface area (Å²) in [7, 11) is 0. The van der Waals surface area contributed by atoms with Crippen LogP contribution in [0.1, 0.15) is 24.2 Å². The Labute approximate surface area is 112 Å². The monoisotopic (exact) mass is 268 g/mol. The van der Waals surface area contributed by atoms with Gasteiger partial charge in [0.15, 0.2) is 6.29 Å². The quantitative estimate of drug-likeness (QED) is 0.804. The molecule has 0 saturated carbocycles. The third-order valence-corrected chi connectivity index (χ3v) is 2.75. The number of halogens is 1. The van der Waals surface area contributed by atoms with Crippen LogP contribution in [0, 0.1) is 5.92 Å². The number of carbonyl (C=O) groups is 2. The fourth-order valence-electron chi connectivity index (χ4n) is 1.80. The topological polar surface area (TPSA) is 63.4 Å². The maximum absolute atomic E-state index is 11.1. The summed E-state index contributed by atoms with van der Waals surface area (Å²) in [6.07, 6.45) is 0.700.